The van der Waals surface area contributed by atoms with Crippen molar-refractivity contribution in [3.05, 3.63) is 54.0 Å². The van der Waals surface area contributed by atoms with E-state index in [1.54, 1.807) is 6.26 Å². The van der Waals surface area contributed by atoms with Crippen LogP contribution in [0.4, 0.5) is 5.69 Å². The standard InChI is InChI=1S/C23H33N5O2.HI/c1-3-18-9-7-10-19(15-18)27-22(29)17-26-23(24-4-2)25-16-20(21-11-8-14-30-21)28-12-5-6-13-28;/h7-11,14-15,20H,3-6,12-13,16-17H2,1-2H3,(H,27,29)(H2,24,25,26);1H. The van der Waals surface area contributed by atoms with Crippen LogP contribution in [-0.2, 0) is 11.2 Å². The summed E-state index contributed by atoms with van der Waals surface area (Å²) in [6, 6.07) is 12.0. The fourth-order valence-corrected chi connectivity index (χ4v) is 3.70. The van der Waals surface area contributed by atoms with Crippen molar-refractivity contribution in [2.24, 2.45) is 4.99 Å². The van der Waals surface area contributed by atoms with Crippen LogP contribution in [0.2, 0.25) is 0 Å². The number of amides is 1. The van der Waals surface area contributed by atoms with Crippen LogP contribution in [-0.4, -0.2) is 49.5 Å². The van der Waals surface area contributed by atoms with E-state index < -0.39 is 0 Å². The summed E-state index contributed by atoms with van der Waals surface area (Å²) in [7, 11) is 0. The molecule has 1 saturated heterocycles. The van der Waals surface area contributed by atoms with E-state index in [2.05, 4.69) is 38.8 Å². The summed E-state index contributed by atoms with van der Waals surface area (Å²) in [5.74, 6) is 1.45. The largest absolute Gasteiger partial charge is 0.468 e. The Labute approximate surface area is 202 Å². The van der Waals surface area contributed by atoms with Crippen LogP contribution in [0.1, 0.15) is 44.1 Å². The molecule has 8 heteroatoms. The summed E-state index contributed by atoms with van der Waals surface area (Å²) in [6.07, 6.45) is 5.08. The van der Waals surface area contributed by atoms with Crippen molar-refractivity contribution in [3.63, 3.8) is 0 Å². The predicted octanol–water partition coefficient (Wildman–Crippen LogP) is 3.79. The number of aryl methyl sites for hydroxylation is 1. The topological polar surface area (TPSA) is 81.9 Å². The molecular weight excluding hydrogens is 505 g/mol. The molecule has 1 atom stereocenters. The highest BCUT2D eigenvalue weighted by Crippen LogP contribution is 2.24. The van der Waals surface area contributed by atoms with Crippen LogP contribution in [0, 0.1) is 0 Å². The average Bonchev–Trinajstić information content (AvgIpc) is 3.47. The lowest BCUT2D eigenvalue weighted by Crippen LogP contribution is -2.43. The molecule has 3 N–H and O–H groups in total. The average molecular weight is 539 g/mol. The molecule has 1 aromatic heterocycles. The number of furan rings is 1. The molecule has 0 aliphatic carbocycles. The molecule has 7 nitrogen and oxygen atoms in total. The summed E-state index contributed by atoms with van der Waals surface area (Å²) < 4.78 is 5.68. The highest BCUT2D eigenvalue weighted by molar-refractivity contribution is 14.0. The zero-order valence-corrected chi connectivity index (χ0v) is 20.7. The molecule has 1 aliphatic heterocycles. The van der Waals surface area contributed by atoms with Gasteiger partial charge in [0.1, 0.15) is 12.3 Å². The summed E-state index contributed by atoms with van der Waals surface area (Å²) in [4.78, 5) is 19.3. The van der Waals surface area contributed by atoms with Gasteiger partial charge in [-0.15, -0.1) is 24.0 Å². The van der Waals surface area contributed by atoms with Gasteiger partial charge in [-0.3, -0.25) is 9.69 Å². The van der Waals surface area contributed by atoms with Crippen molar-refractivity contribution >= 4 is 41.5 Å². The second-order valence-corrected chi connectivity index (χ2v) is 7.45. The van der Waals surface area contributed by atoms with Gasteiger partial charge in [0, 0.05) is 18.8 Å². The number of rotatable bonds is 9. The van der Waals surface area contributed by atoms with Crippen LogP contribution in [0.25, 0.3) is 0 Å². The number of carbonyl (C=O) groups excluding carboxylic acids is 1. The van der Waals surface area contributed by atoms with Crippen LogP contribution in [0.3, 0.4) is 0 Å². The second kappa shape index (κ2) is 13.4. The van der Waals surface area contributed by atoms with Gasteiger partial charge in [0.25, 0.3) is 0 Å². The minimum Gasteiger partial charge on any atom is -0.468 e. The first kappa shape index (κ1) is 25.2. The summed E-state index contributed by atoms with van der Waals surface area (Å²) in [6.45, 7) is 7.69. The van der Waals surface area contributed by atoms with Gasteiger partial charge in [-0.1, -0.05) is 19.1 Å². The van der Waals surface area contributed by atoms with E-state index in [1.165, 1.54) is 18.4 Å². The number of guanidine groups is 1. The maximum absolute atomic E-state index is 12.4. The maximum atomic E-state index is 12.4. The number of aliphatic imine (C=N–C) groups is 1. The van der Waals surface area contributed by atoms with Gasteiger partial charge in [-0.2, -0.15) is 0 Å². The third kappa shape index (κ3) is 7.84. The zero-order chi connectivity index (χ0) is 21.2. The van der Waals surface area contributed by atoms with Crippen molar-refractivity contribution in [1.29, 1.82) is 0 Å². The molecule has 1 fully saturated rings. The number of hydrogen-bond acceptors (Lipinski definition) is 4. The zero-order valence-electron chi connectivity index (χ0n) is 18.4. The molecule has 0 spiro atoms. The highest BCUT2D eigenvalue weighted by Gasteiger charge is 2.25. The maximum Gasteiger partial charge on any atom is 0.246 e. The van der Waals surface area contributed by atoms with E-state index in [1.807, 2.05) is 37.3 Å². The lowest BCUT2D eigenvalue weighted by molar-refractivity contribution is -0.114. The molecule has 1 unspecified atom stereocenters. The first-order valence-corrected chi connectivity index (χ1v) is 10.9. The molecule has 0 bridgehead atoms. The Morgan fingerprint density at radius 2 is 1.97 bits per heavy atom. The second-order valence-electron chi connectivity index (χ2n) is 7.45. The molecule has 170 valence electrons. The SMILES string of the molecule is CCNC(=NCC(=O)Nc1cccc(CC)c1)NCC(c1ccco1)N1CCCC1.I. The van der Waals surface area contributed by atoms with Gasteiger partial charge in [0.05, 0.1) is 12.3 Å². The van der Waals surface area contributed by atoms with E-state index in [9.17, 15) is 4.79 Å². The molecule has 2 aromatic rings. The summed E-state index contributed by atoms with van der Waals surface area (Å²) >= 11 is 0. The van der Waals surface area contributed by atoms with Crippen LogP contribution in [0.15, 0.2) is 52.1 Å². The Morgan fingerprint density at radius 1 is 1.16 bits per heavy atom. The lowest BCUT2D eigenvalue weighted by Gasteiger charge is -2.26. The van der Waals surface area contributed by atoms with Gasteiger partial charge in [0.15, 0.2) is 5.96 Å². The molecule has 31 heavy (non-hydrogen) atoms. The van der Waals surface area contributed by atoms with Gasteiger partial charge >= 0.3 is 0 Å². The van der Waals surface area contributed by atoms with Crippen LogP contribution < -0.4 is 16.0 Å². The fraction of sp³-hybridized carbons (Fsp3) is 0.478. The first-order valence-electron chi connectivity index (χ1n) is 10.9. The van der Waals surface area contributed by atoms with Gasteiger partial charge < -0.3 is 20.4 Å². The van der Waals surface area contributed by atoms with Crippen molar-refractivity contribution in [1.82, 2.24) is 15.5 Å². The van der Waals surface area contributed by atoms with E-state index in [4.69, 9.17) is 4.42 Å². The van der Waals surface area contributed by atoms with Gasteiger partial charge in [-0.25, -0.2) is 4.99 Å². The van der Waals surface area contributed by atoms with E-state index in [0.29, 0.717) is 12.5 Å². The molecule has 1 amide bonds. The number of likely N-dealkylation sites (tertiary alicyclic amines) is 1. The number of hydrogen-bond donors (Lipinski definition) is 3. The minimum atomic E-state index is -0.136. The summed E-state index contributed by atoms with van der Waals surface area (Å²) in [5.41, 5.74) is 2.00. The fourth-order valence-electron chi connectivity index (χ4n) is 3.70. The molecule has 1 aromatic carbocycles. The van der Waals surface area contributed by atoms with E-state index in [-0.39, 0.29) is 42.5 Å². The van der Waals surface area contributed by atoms with Crippen molar-refractivity contribution in [2.45, 2.75) is 39.2 Å². The number of carbonyl (C=O) groups is 1. The first-order chi connectivity index (χ1) is 14.7. The van der Waals surface area contributed by atoms with Crippen LogP contribution >= 0.6 is 24.0 Å². The Morgan fingerprint density at radius 3 is 2.65 bits per heavy atom. The number of nitrogens with zero attached hydrogens (tertiary/aromatic N) is 2. The van der Waals surface area contributed by atoms with Gasteiger partial charge in [-0.05, 0) is 69.1 Å². The minimum absolute atomic E-state index is 0. The van der Waals surface area contributed by atoms with Crippen molar-refractivity contribution in [2.75, 3.05) is 38.0 Å². The summed E-state index contributed by atoms with van der Waals surface area (Å²) in [5, 5.41) is 9.52. The number of anilines is 1. The Kier molecular flexibility index (Phi) is 10.9. The number of halogens is 1. The smallest absolute Gasteiger partial charge is 0.246 e. The monoisotopic (exact) mass is 539 g/mol. The Bertz CT molecular complexity index is 819. The van der Waals surface area contributed by atoms with Crippen LogP contribution in [0.5, 0.6) is 0 Å². The third-order valence-corrected chi connectivity index (χ3v) is 5.26. The van der Waals surface area contributed by atoms with Gasteiger partial charge in [0.2, 0.25) is 5.91 Å². The highest BCUT2D eigenvalue weighted by atomic mass is 127. The molecule has 3 rings (SSSR count). The van der Waals surface area contributed by atoms with Crippen molar-refractivity contribution in [3.8, 4) is 0 Å². The molecule has 0 saturated carbocycles. The quantitative estimate of drug-likeness (QED) is 0.257. The van der Waals surface area contributed by atoms with Crippen molar-refractivity contribution < 1.29 is 9.21 Å². The molecule has 1 aliphatic rings. The normalized spacial score (nSPS) is 15.2. The number of nitrogens with one attached hydrogen (secondary N) is 3. The van der Waals surface area contributed by atoms with E-state index in [0.717, 1.165) is 37.5 Å². The Hall–Kier alpha value is -2.07. The number of benzene rings is 1. The van der Waals surface area contributed by atoms with E-state index >= 15 is 0 Å². The molecule has 0 radical (unpaired) electrons. The predicted molar refractivity (Wildman–Crippen MR) is 136 cm³/mol. The Balaban J connectivity index is 0.00000341. The third-order valence-electron chi connectivity index (χ3n) is 5.26. The molecular formula is C23H34IN5O2. The molecule has 2 heterocycles. The lowest BCUT2D eigenvalue weighted by atomic mass is 10.1.